The summed E-state index contributed by atoms with van der Waals surface area (Å²) in [6.45, 7) is 4.23. The van der Waals surface area contributed by atoms with Gasteiger partial charge in [0.05, 0.1) is 6.61 Å². The Morgan fingerprint density at radius 2 is 1.05 bits per heavy atom. The van der Waals surface area contributed by atoms with Crippen molar-refractivity contribution in [3.05, 3.63) is 0 Å². The van der Waals surface area contributed by atoms with Crippen molar-refractivity contribution in [3.8, 4) is 0 Å². The highest BCUT2D eigenvalue weighted by atomic mass is 16.8. The summed E-state index contributed by atoms with van der Waals surface area (Å²) in [7, 11) is 0. The largest absolute Gasteiger partial charge is 0.463 e. The molecule has 0 bridgehead atoms. The number of carbonyl (C=O) groups is 5. The quantitative estimate of drug-likeness (QED) is 0.198. The molecule has 10 atom stereocenters. The summed E-state index contributed by atoms with van der Waals surface area (Å²) < 4.78 is 42.2. The SMILES string of the molecule is CC(=O)OCC1O[C@H](OCC2OC(OC(C)=O)C(OC(C)=O)C(OC(C)=O)[C@@H]2OC(C)=O)C(O)C(O)[C@H]1O. The van der Waals surface area contributed by atoms with E-state index in [4.69, 9.17) is 37.9 Å². The average molecular weight is 552 g/mol. The monoisotopic (exact) mass is 552 g/mol. The van der Waals surface area contributed by atoms with Gasteiger partial charge in [-0.2, -0.15) is 0 Å². The highest BCUT2D eigenvalue weighted by Crippen LogP contribution is 2.31. The summed E-state index contributed by atoms with van der Waals surface area (Å²) in [6.07, 6.45) is -15.6. The third-order valence-corrected chi connectivity index (χ3v) is 5.32. The molecule has 216 valence electrons. The highest BCUT2D eigenvalue weighted by Gasteiger charge is 2.54. The molecule has 0 spiro atoms. The van der Waals surface area contributed by atoms with Crippen LogP contribution in [0.4, 0.5) is 0 Å². The van der Waals surface area contributed by atoms with E-state index in [0.717, 1.165) is 34.6 Å². The summed E-state index contributed by atoms with van der Waals surface area (Å²) in [4.78, 5) is 58.3. The zero-order chi connectivity index (χ0) is 28.7. The first-order chi connectivity index (χ1) is 17.7. The van der Waals surface area contributed by atoms with Gasteiger partial charge in [0.25, 0.3) is 0 Å². The Bertz CT molecular complexity index is 875. The van der Waals surface area contributed by atoms with Crippen molar-refractivity contribution in [2.45, 2.75) is 96.0 Å². The molecule has 16 heteroatoms. The van der Waals surface area contributed by atoms with E-state index in [1.54, 1.807) is 0 Å². The van der Waals surface area contributed by atoms with Crippen LogP contribution in [-0.4, -0.2) is 120 Å². The fraction of sp³-hybridized carbons (Fsp3) is 0.773. The van der Waals surface area contributed by atoms with Crippen LogP contribution in [0.3, 0.4) is 0 Å². The predicted octanol–water partition coefficient (Wildman–Crippen LogP) is -2.54. The van der Waals surface area contributed by atoms with Gasteiger partial charge in [0.15, 0.2) is 18.5 Å². The molecule has 38 heavy (non-hydrogen) atoms. The van der Waals surface area contributed by atoms with Gasteiger partial charge in [-0.05, 0) is 0 Å². The molecule has 0 amide bonds. The van der Waals surface area contributed by atoms with Gasteiger partial charge < -0.3 is 53.2 Å². The Labute approximate surface area is 216 Å². The number of ether oxygens (including phenoxy) is 8. The topological polar surface area (TPSA) is 220 Å². The lowest BCUT2D eigenvalue weighted by molar-refractivity contribution is -0.329. The molecule has 2 aliphatic rings. The zero-order valence-corrected chi connectivity index (χ0v) is 21.3. The highest BCUT2D eigenvalue weighted by molar-refractivity contribution is 5.69. The molecule has 0 radical (unpaired) electrons. The fourth-order valence-corrected chi connectivity index (χ4v) is 3.83. The summed E-state index contributed by atoms with van der Waals surface area (Å²) in [6, 6.07) is 0. The number of esters is 5. The van der Waals surface area contributed by atoms with Gasteiger partial charge in [-0.1, -0.05) is 0 Å². The Morgan fingerprint density at radius 3 is 1.58 bits per heavy atom. The van der Waals surface area contributed by atoms with Crippen molar-refractivity contribution in [2.24, 2.45) is 0 Å². The van der Waals surface area contributed by atoms with Gasteiger partial charge in [0, 0.05) is 34.6 Å². The van der Waals surface area contributed by atoms with Crippen molar-refractivity contribution in [2.75, 3.05) is 13.2 Å². The lowest BCUT2D eigenvalue weighted by Crippen LogP contribution is -2.64. The maximum absolute atomic E-state index is 11.9. The average Bonchev–Trinajstić information content (AvgIpc) is 2.79. The number of aliphatic hydroxyl groups excluding tert-OH is 3. The molecule has 0 aliphatic carbocycles. The van der Waals surface area contributed by atoms with Crippen LogP contribution in [0.15, 0.2) is 0 Å². The van der Waals surface area contributed by atoms with Gasteiger partial charge in [-0.15, -0.1) is 0 Å². The van der Waals surface area contributed by atoms with Gasteiger partial charge in [-0.25, -0.2) is 0 Å². The number of aliphatic hydroxyl groups is 3. The number of hydrogen-bond donors (Lipinski definition) is 3. The maximum Gasteiger partial charge on any atom is 0.305 e. The van der Waals surface area contributed by atoms with E-state index in [9.17, 15) is 39.3 Å². The van der Waals surface area contributed by atoms with Gasteiger partial charge in [-0.3, -0.25) is 24.0 Å². The first-order valence-electron chi connectivity index (χ1n) is 11.5. The van der Waals surface area contributed by atoms with E-state index < -0.39 is 104 Å². The standard InChI is InChI=1S/C22H32O16/c1-8(23)31-6-13-15(28)16(29)17(30)21(37-13)32-7-14-18(33-9(2)24)19(34-10(3)25)20(35-11(4)26)22(38-14)36-12(5)27/h13-22,28-30H,6-7H2,1-5H3/t13?,14?,15-,16?,17?,18+,19?,20?,21-,22?/m0/s1. The smallest absolute Gasteiger partial charge is 0.305 e. The van der Waals surface area contributed by atoms with E-state index >= 15 is 0 Å². The van der Waals surface area contributed by atoms with Crippen LogP contribution >= 0.6 is 0 Å². The molecule has 2 saturated heterocycles. The Kier molecular flexibility index (Phi) is 11.4. The first-order valence-corrected chi connectivity index (χ1v) is 11.5. The minimum Gasteiger partial charge on any atom is -0.463 e. The Morgan fingerprint density at radius 1 is 0.553 bits per heavy atom. The van der Waals surface area contributed by atoms with Crippen molar-refractivity contribution in [1.29, 1.82) is 0 Å². The first kappa shape index (κ1) is 31.3. The van der Waals surface area contributed by atoms with Crippen molar-refractivity contribution in [1.82, 2.24) is 0 Å². The minimum absolute atomic E-state index is 0.469. The summed E-state index contributed by atoms with van der Waals surface area (Å²) >= 11 is 0. The predicted molar refractivity (Wildman–Crippen MR) is 116 cm³/mol. The van der Waals surface area contributed by atoms with Crippen LogP contribution in [0.2, 0.25) is 0 Å². The third kappa shape index (κ3) is 8.57. The van der Waals surface area contributed by atoms with Crippen LogP contribution < -0.4 is 0 Å². The third-order valence-electron chi connectivity index (χ3n) is 5.32. The molecule has 16 nitrogen and oxygen atoms in total. The van der Waals surface area contributed by atoms with Crippen LogP contribution in [-0.2, 0) is 61.9 Å². The van der Waals surface area contributed by atoms with Crippen molar-refractivity contribution >= 4 is 29.8 Å². The van der Waals surface area contributed by atoms with E-state index in [1.807, 2.05) is 0 Å². The molecule has 0 aromatic heterocycles. The summed E-state index contributed by atoms with van der Waals surface area (Å²) in [5.41, 5.74) is 0. The van der Waals surface area contributed by atoms with Gasteiger partial charge >= 0.3 is 29.8 Å². The molecule has 3 N–H and O–H groups in total. The second kappa shape index (κ2) is 13.8. The lowest BCUT2D eigenvalue weighted by Gasteiger charge is -2.44. The number of carbonyl (C=O) groups excluding carboxylic acids is 5. The molecule has 2 rings (SSSR count). The van der Waals surface area contributed by atoms with Crippen LogP contribution in [0.5, 0.6) is 0 Å². The summed E-state index contributed by atoms with van der Waals surface area (Å²) in [5, 5.41) is 30.7. The molecular formula is C22H32O16. The molecule has 2 aliphatic heterocycles. The van der Waals surface area contributed by atoms with Crippen LogP contribution in [0.25, 0.3) is 0 Å². The summed E-state index contributed by atoms with van der Waals surface area (Å²) in [5.74, 6) is -4.09. The van der Waals surface area contributed by atoms with Crippen LogP contribution in [0.1, 0.15) is 34.6 Å². The normalized spacial score (nSPS) is 34.9. The Hall–Kier alpha value is -2.89. The molecule has 0 aromatic rings. The van der Waals surface area contributed by atoms with Gasteiger partial charge in [0.1, 0.15) is 37.1 Å². The van der Waals surface area contributed by atoms with E-state index in [2.05, 4.69) is 0 Å². The molecular weight excluding hydrogens is 520 g/mol. The van der Waals surface area contributed by atoms with Crippen LogP contribution in [0, 0.1) is 0 Å². The second-order valence-corrected chi connectivity index (χ2v) is 8.53. The van der Waals surface area contributed by atoms with E-state index in [0.29, 0.717) is 0 Å². The Balaban J connectivity index is 2.32. The molecule has 0 aromatic carbocycles. The van der Waals surface area contributed by atoms with Crippen molar-refractivity contribution < 1.29 is 77.2 Å². The van der Waals surface area contributed by atoms with Crippen molar-refractivity contribution in [3.63, 3.8) is 0 Å². The minimum atomic E-state index is -1.78. The molecule has 2 fully saturated rings. The number of rotatable bonds is 9. The zero-order valence-electron chi connectivity index (χ0n) is 21.3. The maximum atomic E-state index is 11.9. The number of hydrogen-bond acceptors (Lipinski definition) is 16. The lowest BCUT2D eigenvalue weighted by atomic mass is 9.97. The molecule has 0 saturated carbocycles. The molecule has 2 heterocycles. The van der Waals surface area contributed by atoms with E-state index in [-0.39, 0.29) is 0 Å². The molecule has 7 unspecified atom stereocenters. The van der Waals surface area contributed by atoms with E-state index in [1.165, 1.54) is 0 Å². The second-order valence-electron chi connectivity index (χ2n) is 8.53. The van der Waals surface area contributed by atoms with Gasteiger partial charge in [0.2, 0.25) is 12.4 Å². The fourth-order valence-electron chi connectivity index (χ4n) is 3.83.